The largest absolute Gasteiger partial charge is 0.279 e. The third-order valence-electron chi connectivity index (χ3n) is 3.28. The van der Waals surface area contributed by atoms with Crippen molar-refractivity contribution in [2.45, 2.75) is 13.8 Å². The first-order chi connectivity index (χ1) is 9.66. The van der Waals surface area contributed by atoms with E-state index in [-0.39, 0.29) is 11.5 Å². The van der Waals surface area contributed by atoms with Crippen molar-refractivity contribution in [3.8, 4) is 22.5 Å². The summed E-state index contributed by atoms with van der Waals surface area (Å²) in [6.07, 6.45) is 1.75. The molecule has 0 aliphatic carbocycles. The molecule has 0 atom stereocenters. The van der Waals surface area contributed by atoms with Gasteiger partial charge in [0.2, 0.25) is 0 Å². The second kappa shape index (κ2) is 4.89. The molecule has 0 spiro atoms. The molecular weight excluding hydrogens is 253 g/mol. The van der Waals surface area contributed by atoms with Gasteiger partial charge in [0.25, 0.3) is 0 Å². The van der Waals surface area contributed by atoms with Gasteiger partial charge in [-0.2, -0.15) is 5.10 Å². The minimum Gasteiger partial charge on any atom is -0.279 e. The molecule has 1 N–H and O–H groups in total. The van der Waals surface area contributed by atoms with E-state index in [4.69, 9.17) is 0 Å². The number of nitrogens with one attached hydrogen (secondary N) is 1. The number of halogens is 1. The van der Waals surface area contributed by atoms with Crippen molar-refractivity contribution in [1.29, 1.82) is 0 Å². The molecule has 1 aromatic carbocycles. The lowest BCUT2D eigenvalue weighted by molar-refractivity contribution is 0.621. The minimum absolute atomic E-state index is 0.277. The molecule has 20 heavy (non-hydrogen) atoms. The van der Waals surface area contributed by atoms with Gasteiger partial charge in [-0.05, 0) is 31.0 Å². The molecule has 0 bridgehead atoms. The van der Waals surface area contributed by atoms with E-state index in [0.29, 0.717) is 11.4 Å². The van der Waals surface area contributed by atoms with Crippen LogP contribution >= 0.6 is 0 Å². The lowest BCUT2D eigenvalue weighted by Crippen LogP contribution is -1.92. The van der Waals surface area contributed by atoms with E-state index in [2.05, 4.69) is 15.2 Å². The summed E-state index contributed by atoms with van der Waals surface area (Å²) in [6, 6.07) is 12.0. The molecule has 4 heteroatoms. The maximum absolute atomic E-state index is 13.9. The second-order valence-electron chi connectivity index (χ2n) is 4.77. The Morgan fingerprint density at radius 3 is 2.35 bits per heavy atom. The number of aromatic nitrogens is 3. The summed E-state index contributed by atoms with van der Waals surface area (Å²) in [5, 5.41) is 6.63. The summed E-state index contributed by atoms with van der Waals surface area (Å²) in [7, 11) is 0. The fraction of sp³-hybridized carbons (Fsp3) is 0.125. The highest BCUT2D eigenvalue weighted by atomic mass is 19.1. The van der Waals surface area contributed by atoms with Gasteiger partial charge >= 0.3 is 0 Å². The molecule has 0 saturated heterocycles. The van der Waals surface area contributed by atoms with Gasteiger partial charge in [0.1, 0.15) is 5.69 Å². The fourth-order valence-electron chi connectivity index (χ4n) is 2.18. The molecule has 3 rings (SSSR count). The first-order valence-corrected chi connectivity index (χ1v) is 6.39. The van der Waals surface area contributed by atoms with Gasteiger partial charge in [0, 0.05) is 11.8 Å². The maximum Gasteiger partial charge on any atom is 0.173 e. The lowest BCUT2D eigenvalue weighted by Gasteiger charge is -2.06. The molecule has 3 nitrogen and oxygen atoms in total. The Kier molecular flexibility index (Phi) is 3.06. The summed E-state index contributed by atoms with van der Waals surface area (Å²) in [5.41, 5.74) is 4.28. The Bertz CT molecular complexity index is 748. The van der Waals surface area contributed by atoms with Crippen molar-refractivity contribution < 1.29 is 4.39 Å². The summed E-state index contributed by atoms with van der Waals surface area (Å²) in [4.78, 5) is 4.38. The number of nitrogens with zero attached hydrogens (tertiary/aromatic N) is 2. The van der Waals surface area contributed by atoms with Crippen molar-refractivity contribution in [2.24, 2.45) is 0 Å². The van der Waals surface area contributed by atoms with E-state index in [1.807, 2.05) is 43.3 Å². The number of hydrogen-bond donors (Lipinski definition) is 1. The molecule has 2 heterocycles. The predicted molar refractivity (Wildman–Crippen MR) is 76.7 cm³/mol. The van der Waals surface area contributed by atoms with Crippen LogP contribution in [-0.4, -0.2) is 15.2 Å². The van der Waals surface area contributed by atoms with Crippen LogP contribution in [0.5, 0.6) is 0 Å². The van der Waals surface area contributed by atoms with Crippen LogP contribution in [0.1, 0.15) is 11.3 Å². The summed E-state index contributed by atoms with van der Waals surface area (Å²) >= 11 is 0. The number of aromatic amines is 1. The standard InChI is InChI=1S/C16H14FN3/c1-10-8-13(12-6-4-3-5-7-12)9-18-15(10)16-14(17)11(2)19-20-16/h3-9H,1-2H3,(H,19,20). The van der Waals surface area contributed by atoms with Gasteiger partial charge in [0.15, 0.2) is 5.82 Å². The van der Waals surface area contributed by atoms with E-state index in [1.54, 1.807) is 13.1 Å². The second-order valence-corrected chi connectivity index (χ2v) is 4.77. The topological polar surface area (TPSA) is 41.6 Å². The average molecular weight is 267 g/mol. The number of aryl methyl sites for hydroxylation is 2. The lowest BCUT2D eigenvalue weighted by atomic mass is 10.0. The zero-order valence-corrected chi connectivity index (χ0v) is 11.3. The number of benzene rings is 1. The maximum atomic E-state index is 13.9. The van der Waals surface area contributed by atoms with Crippen LogP contribution in [0.2, 0.25) is 0 Å². The van der Waals surface area contributed by atoms with Crippen LogP contribution < -0.4 is 0 Å². The molecule has 0 unspecified atom stereocenters. The molecule has 100 valence electrons. The van der Waals surface area contributed by atoms with E-state index in [0.717, 1.165) is 16.7 Å². The quantitative estimate of drug-likeness (QED) is 0.765. The highest BCUT2D eigenvalue weighted by molar-refractivity contribution is 5.68. The molecule has 0 amide bonds. The van der Waals surface area contributed by atoms with Crippen molar-refractivity contribution in [3.05, 3.63) is 59.7 Å². The monoisotopic (exact) mass is 267 g/mol. The molecule has 0 aliphatic heterocycles. The third kappa shape index (κ3) is 2.09. The average Bonchev–Trinajstić information content (AvgIpc) is 2.80. The number of pyridine rings is 1. The smallest absolute Gasteiger partial charge is 0.173 e. The molecule has 2 aromatic heterocycles. The van der Waals surface area contributed by atoms with E-state index >= 15 is 0 Å². The normalized spacial score (nSPS) is 10.8. The van der Waals surface area contributed by atoms with Gasteiger partial charge in [-0.1, -0.05) is 30.3 Å². The van der Waals surface area contributed by atoms with Crippen LogP contribution in [-0.2, 0) is 0 Å². The zero-order valence-electron chi connectivity index (χ0n) is 11.3. The van der Waals surface area contributed by atoms with Crippen LogP contribution in [0.25, 0.3) is 22.5 Å². The zero-order chi connectivity index (χ0) is 14.1. The van der Waals surface area contributed by atoms with Gasteiger partial charge in [0.05, 0.1) is 11.4 Å². The van der Waals surface area contributed by atoms with E-state index in [1.165, 1.54) is 0 Å². The summed E-state index contributed by atoms with van der Waals surface area (Å²) in [6.45, 7) is 3.57. The number of hydrogen-bond acceptors (Lipinski definition) is 2. The Morgan fingerprint density at radius 1 is 1.00 bits per heavy atom. The van der Waals surface area contributed by atoms with Crippen LogP contribution in [0.3, 0.4) is 0 Å². The van der Waals surface area contributed by atoms with Crippen LogP contribution in [0.4, 0.5) is 4.39 Å². The van der Waals surface area contributed by atoms with E-state index in [9.17, 15) is 4.39 Å². The van der Waals surface area contributed by atoms with Crippen LogP contribution in [0, 0.1) is 19.7 Å². The van der Waals surface area contributed by atoms with Gasteiger partial charge in [-0.15, -0.1) is 0 Å². The molecule has 3 aromatic rings. The predicted octanol–water partition coefficient (Wildman–Crippen LogP) is 3.89. The Balaban J connectivity index is 2.07. The molecule has 0 fully saturated rings. The highest BCUT2D eigenvalue weighted by Crippen LogP contribution is 2.27. The summed E-state index contributed by atoms with van der Waals surface area (Å²) < 4.78 is 13.9. The molecule has 0 radical (unpaired) electrons. The van der Waals surface area contributed by atoms with Gasteiger partial charge in [-0.25, -0.2) is 4.39 Å². The van der Waals surface area contributed by atoms with Gasteiger partial charge in [-0.3, -0.25) is 10.1 Å². The van der Waals surface area contributed by atoms with Crippen molar-refractivity contribution in [1.82, 2.24) is 15.2 Å². The minimum atomic E-state index is -0.340. The number of rotatable bonds is 2. The van der Waals surface area contributed by atoms with Crippen molar-refractivity contribution >= 4 is 0 Å². The third-order valence-corrected chi connectivity index (χ3v) is 3.28. The Hall–Kier alpha value is -2.49. The Labute approximate surface area is 116 Å². The number of H-pyrrole nitrogens is 1. The first-order valence-electron chi connectivity index (χ1n) is 6.39. The molecular formula is C16H14FN3. The fourth-order valence-corrected chi connectivity index (χ4v) is 2.18. The van der Waals surface area contributed by atoms with E-state index < -0.39 is 0 Å². The van der Waals surface area contributed by atoms with Crippen molar-refractivity contribution in [2.75, 3.05) is 0 Å². The SMILES string of the molecule is Cc1cc(-c2ccccc2)cnc1-c1n[nH]c(C)c1F. The highest BCUT2D eigenvalue weighted by Gasteiger charge is 2.15. The first kappa shape index (κ1) is 12.5. The molecule has 0 aliphatic rings. The summed E-state index contributed by atoms with van der Waals surface area (Å²) in [5.74, 6) is -0.340. The molecule has 0 saturated carbocycles. The van der Waals surface area contributed by atoms with Crippen molar-refractivity contribution in [3.63, 3.8) is 0 Å². The van der Waals surface area contributed by atoms with Gasteiger partial charge < -0.3 is 0 Å². The Morgan fingerprint density at radius 2 is 1.75 bits per heavy atom. The van der Waals surface area contributed by atoms with Crippen LogP contribution in [0.15, 0.2) is 42.6 Å².